The van der Waals surface area contributed by atoms with Crippen LogP contribution in [0.5, 0.6) is 0 Å². The van der Waals surface area contributed by atoms with Crippen LogP contribution in [0.25, 0.3) is 0 Å². The average Bonchev–Trinajstić information content (AvgIpc) is 2.95. The fraction of sp³-hybridized carbons (Fsp3) is 0.909. The predicted octanol–water partition coefficient (Wildman–Crippen LogP) is 10.1. The van der Waals surface area contributed by atoms with E-state index >= 15 is 0 Å². The Balaban J connectivity index is -0.000000262. The molecule has 254 valence electrons. The first-order valence-corrected chi connectivity index (χ1v) is 19.5. The van der Waals surface area contributed by atoms with Crippen LogP contribution in [-0.2, 0) is 37.9 Å². The molecule has 43 heavy (non-hydrogen) atoms. The second kappa shape index (κ2) is 41.2. The van der Waals surface area contributed by atoms with Gasteiger partial charge in [0.15, 0.2) is 0 Å². The Morgan fingerprint density at radius 3 is 0.581 bits per heavy atom. The monoisotopic (exact) mass is 817 g/mol. The van der Waals surface area contributed by atoms with Crippen LogP contribution in [0.2, 0.25) is 0 Å². The van der Waals surface area contributed by atoms with Gasteiger partial charge in [-0.25, -0.2) is 0 Å². The molecule has 0 aliphatic carbocycles. The van der Waals surface area contributed by atoms with Crippen LogP contribution < -0.4 is 0 Å². The zero-order valence-electron chi connectivity index (χ0n) is 28.7. The summed E-state index contributed by atoms with van der Waals surface area (Å²) in [4.78, 5) is 6.53. The van der Waals surface area contributed by atoms with E-state index in [2.05, 4.69) is 56.2 Å². The minimum Gasteiger partial charge on any atom is -0.411 e. The van der Waals surface area contributed by atoms with Gasteiger partial charge in [-0.2, -0.15) is 0 Å². The Morgan fingerprint density at radius 2 is 0.488 bits per heavy atom. The van der Waals surface area contributed by atoms with Gasteiger partial charge < -0.3 is 89.2 Å². The SMILES string of the molecule is CCCCCN(CCCCC)C(=S)[S-].CCCCCN(CCCCC)C(=S)[S-].CCCCCN(CCCCC)C(=S)[S-].[Sb+3]. The summed E-state index contributed by atoms with van der Waals surface area (Å²) < 4.78 is 1.95. The molecular formula is C33H66N3S6Sb. The van der Waals surface area contributed by atoms with E-state index in [-0.39, 0.29) is 24.4 Å². The van der Waals surface area contributed by atoms with Crippen LogP contribution in [0.4, 0.5) is 0 Å². The topological polar surface area (TPSA) is 9.72 Å². The zero-order chi connectivity index (χ0) is 32.4. The Kier molecular flexibility index (Phi) is 48.8. The number of nitrogens with zero attached hydrogens (tertiary/aromatic N) is 3. The van der Waals surface area contributed by atoms with Gasteiger partial charge in [0.2, 0.25) is 0 Å². The number of unbranched alkanes of at least 4 members (excludes halogenated alkanes) is 12. The molecule has 0 saturated carbocycles. The molecule has 0 heterocycles. The van der Waals surface area contributed by atoms with E-state index in [4.69, 9.17) is 74.5 Å². The molecule has 3 nitrogen and oxygen atoms in total. The van der Waals surface area contributed by atoms with E-state index in [0.29, 0.717) is 13.0 Å². The molecule has 0 aliphatic rings. The molecular weight excluding hydrogens is 753 g/mol. The fourth-order valence-electron chi connectivity index (χ4n) is 4.20. The van der Waals surface area contributed by atoms with Gasteiger partial charge in [-0.1, -0.05) is 132 Å². The molecule has 0 aliphatic heterocycles. The van der Waals surface area contributed by atoms with Crippen LogP contribution in [0.1, 0.15) is 157 Å². The fourth-order valence-corrected chi connectivity index (χ4v) is 5.29. The van der Waals surface area contributed by atoms with E-state index in [1.807, 2.05) is 0 Å². The van der Waals surface area contributed by atoms with Crippen LogP contribution in [0, 0.1) is 0 Å². The number of hydrogen-bond acceptors (Lipinski definition) is 6. The van der Waals surface area contributed by atoms with Crippen molar-refractivity contribution in [1.82, 2.24) is 14.7 Å². The minimum absolute atomic E-state index is 0. The second-order valence-corrected chi connectivity index (χ2v) is 14.1. The number of rotatable bonds is 24. The number of hydrogen-bond donors (Lipinski definition) is 0. The normalized spacial score (nSPS) is 9.91. The third-order valence-electron chi connectivity index (χ3n) is 6.96. The molecule has 0 fully saturated rings. The zero-order valence-corrected chi connectivity index (χ0v) is 36.2. The molecule has 0 amide bonds. The smallest absolute Gasteiger partial charge is 0.411 e. The first-order chi connectivity index (χ1) is 20.2. The summed E-state index contributed by atoms with van der Waals surface area (Å²) in [5.74, 6) is 0. The first kappa shape index (κ1) is 51.0. The largest absolute Gasteiger partial charge is 3.00 e. The summed E-state index contributed by atoms with van der Waals surface area (Å²) in [6.07, 6.45) is 22.6. The molecule has 0 saturated heterocycles. The summed E-state index contributed by atoms with van der Waals surface area (Å²) in [5.41, 5.74) is 0. The molecule has 0 spiro atoms. The maximum Gasteiger partial charge on any atom is 3.00 e. The van der Waals surface area contributed by atoms with Crippen molar-refractivity contribution in [2.75, 3.05) is 39.3 Å². The third kappa shape index (κ3) is 39.2. The van der Waals surface area contributed by atoms with Crippen LogP contribution in [0.3, 0.4) is 0 Å². The van der Waals surface area contributed by atoms with Gasteiger partial charge >= 0.3 is 24.4 Å². The van der Waals surface area contributed by atoms with Gasteiger partial charge in [0.1, 0.15) is 0 Å². The summed E-state index contributed by atoms with van der Waals surface area (Å²) in [6, 6.07) is 0. The maximum atomic E-state index is 5.06. The van der Waals surface area contributed by atoms with Crippen molar-refractivity contribution in [2.24, 2.45) is 0 Å². The van der Waals surface area contributed by atoms with E-state index in [9.17, 15) is 0 Å². The van der Waals surface area contributed by atoms with Crippen LogP contribution in [-0.4, -0.2) is 91.4 Å². The summed E-state index contributed by atoms with van der Waals surface area (Å²) in [5, 5.41) is 0. The molecule has 0 unspecified atom stereocenters. The number of thiocarbonyl (C=S) groups is 3. The standard InChI is InChI=1S/3C11H23NS2.Sb/c3*1-3-5-7-9-12(11(13)14)10-8-6-4-2;/h3*3-10H2,1-2H3,(H,13,14);/q;;;+3/p-3. The van der Waals surface area contributed by atoms with Crippen molar-refractivity contribution in [3.05, 3.63) is 0 Å². The van der Waals surface area contributed by atoms with Crippen molar-refractivity contribution in [3.63, 3.8) is 0 Å². The molecule has 2 radical (unpaired) electrons. The van der Waals surface area contributed by atoms with E-state index < -0.39 is 0 Å². The van der Waals surface area contributed by atoms with Crippen molar-refractivity contribution < 1.29 is 0 Å². The van der Waals surface area contributed by atoms with Crippen LogP contribution >= 0.6 is 36.7 Å². The van der Waals surface area contributed by atoms with Crippen molar-refractivity contribution >= 4 is 112 Å². The van der Waals surface area contributed by atoms with Gasteiger partial charge in [-0.15, -0.1) is 0 Å². The van der Waals surface area contributed by atoms with Crippen molar-refractivity contribution in [3.8, 4) is 0 Å². The average molecular weight is 819 g/mol. The summed E-state index contributed by atoms with van der Waals surface area (Å²) in [7, 11) is 0. The Morgan fingerprint density at radius 1 is 0.349 bits per heavy atom. The molecule has 0 rings (SSSR count). The molecule has 0 atom stereocenters. The quantitative estimate of drug-likeness (QED) is 0.0404. The maximum absolute atomic E-state index is 5.06. The minimum atomic E-state index is 0. The molecule has 0 aromatic heterocycles. The molecule has 0 bridgehead atoms. The predicted molar refractivity (Wildman–Crippen MR) is 218 cm³/mol. The van der Waals surface area contributed by atoms with Gasteiger partial charge in [0.25, 0.3) is 0 Å². The van der Waals surface area contributed by atoms with Crippen molar-refractivity contribution in [1.29, 1.82) is 0 Å². The van der Waals surface area contributed by atoms with Gasteiger partial charge in [-0.3, -0.25) is 0 Å². The van der Waals surface area contributed by atoms with Gasteiger partial charge in [-0.05, 0) is 38.5 Å². The van der Waals surface area contributed by atoms with E-state index in [1.54, 1.807) is 0 Å². The summed E-state index contributed by atoms with van der Waals surface area (Å²) in [6.45, 7) is 19.6. The second-order valence-electron chi connectivity index (χ2n) is 11.0. The van der Waals surface area contributed by atoms with Gasteiger partial charge in [0.05, 0.1) is 0 Å². The van der Waals surface area contributed by atoms with E-state index in [0.717, 1.165) is 39.3 Å². The molecule has 0 aromatic rings. The molecule has 0 aromatic carbocycles. The van der Waals surface area contributed by atoms with Crippen LogP contribution in [0.15, 0.2) is 0 Å². The molecule has 10 heteroatoms. The Bertz CT molecular complexity index is 502. The Labute approximate surface area is 320 Å². The molecule has 0 N–H and O–H groups in total. The van der Waals surface area contributed by atoms with Crippen molar-refractivity contribution in [2.45, 2.75) is 157 Å². The summed E-state index contributed by atoms with van der Waals surface area (Å²) >= 11 is 30.3. The third-order valence-corrected chi connectivity index (χ3v) is 8.51. The van der Waals surface area contributed by atoms with Gasteiger partial charge in [0, 0.05) is 39.3 Å². The first-order valence-electron chi connectivity index (χ1n) is 17.0. The van der Waals surface area contributed by atoms with E-state index in [1.165, 1.54) is 116 Å². The Hall–Kier alpha value is 1.15.